The van der Waals surface area contributed by atoms with Gasteiger partial charge in [-0.25, -0.2) is 0 Å². The second-order valence-electron chi connectivity index (χ2n) is 5.04. The van der Waals surface area contributed by atoms with Crippen molar-refractivity contribution in [2.45, 2.75) is 32.1 Å². The van der Waals surface area contributed by atoms with Crippen LogP contribution in [0, 0.1) is 6.92 Å². The molecule has 1 heterocycles. The number of hydrogen-bond acceptors (Lipinski definition) is 2. The second-order valence-corrected chi connectivity index (χ2v) is 6.84. The van der Waals surface area contributed by atoms with Crippen LogP contribution in [0.4, 0.5) is 0 Å². The zero-order valence-electron chi connectivity index (χ0n) is 10.8. The molecule has 98 valence electrons. The van der Waals surface area contributed by atoms with Crippen LogP contribution in [0.25, 0.3) is 0 Å². The standard InChI is InChI=1S/C16H15BrOS/c1-10-4-2-6-13(15(10)17)16(18)12-5-3-7-14-11(12)8-9-19-14/h2,4,6,8-9,12H,3,5,7H2,1H3. The number of Topliss-reactive ketones (excluding diaryl/α,β-unsaturated/α-hetero) is 1. The molecular weight excluding hydrogens is 320 g/mol. The van der Waals surface area contributed by atoms with Gasteiger partial charge in [0, 0.05) is 20.8 Å². The van der Waals surface area contributed by atoms with Crippen LogP contribution in [-0.4, -0.2) is 5.78 Å². The highest BCUT2D eigenvalue weighted by Crippen LogP contribution is 2.38. The summed E-state index contributed by atoms with van der Waals surface area (Å²) in [7, 11) is 0. The lowest BCUT2D eigenvalue weighted by atomic mass is 9.82. The molecule has 0 amide bonds. The maximum absolute atomic E-state index is 12.8. The number of benzene rings is 1. The number of carbonyl (C=O) groups is 1. The fraction of sp³-hybridized carbons (Fsp3) is 0.312. The van der Waals surface area contributed by atoms with Crippen molar-refractivity contribution in [3.63, 3.8) is 0 Å². The SMILES string of the molecule is Cc1cccc(C(=O)C2CCCc3sccc32)c1Br. The maximum Gasteiger partial charge on any atom is 0.171 e. The van der Waals surface area contributed by atoms with E-state index in [-0.39, 0.29) is 11.7 Å². The Labute approximate surface area is 125 Å². The summed E-state index contributed by atoms with van der Waals surface area (Å²) in [6.45, 7) is 2.03. The highest BCUT2D eigenvalue weighted by atomic mass is 79.9. The number of hydrogen-bond donors (Lipinski definition) is 0. The highest BCUT2D eigenvalue weighted by molar-refractivity contribution is 9.10. The smallest absolute Gasteiger partial charge is 0.171 e. The van der Waals surface area contributed by atoms with Crippen molar-refractivity contribution in [2.75, 3.05) is 0 Å². The van der Waals surface area contributed by atoms with E-state index in [1.54, 1.807) is 11.3 Å². The highest BCUT2D eigenvalue weighted by Gasteiger charge is 2.29. The quantitative estimate of drug-likeness (QED) is 0.696. The number of rotatable bonds is 2. The molecule has 0 spiro atoms. The van der Waals surface area contributed by atoms with E-state index in [1.165, 1.54) is 10.4 Å². The summed E-state index contributed by atoms with van der Waals surface area (Å²) in [5.74, 6) is 0.308. The Hall–Kier alpha value is -0.930. The molecule has 3 rings (SSSR count). The fourth-order valence-corrected chi connectivity index (χ4v) is 4.23. The van der Waals surface area contributed by atoms with Crippen LogP contribution in [0.2, 0.25) is 0 Å². The molecule has 1 unspecified atom stereocenters. The van der Waals surface area contributed by atoms with E-state index >= 15 is 0 Å². The van der Waals surface area contributed by atoms with E-state index in [4.69, 9.17) is 0 Å². The largest absolute Gasteiger partial charge is 0.293 e. The van der Waals surface area contributed by atoms with Gasteiger partial charge < -0.3 is 0 Å². The topological polar surface area (TPSA) is 17.1 Å². The Morgan fingerprint density at radius 2 is 2.21 bits per heavy atom. The minimum atomic E-state index is 0.0492. The van der Waals surface area contributed by atoms with E-state index in [9.17, 15) is 4.79 Å². The third-order valence-electron chi connectivity index (χ3n) is 3.83. The Kier molecular flexibility index (Phi) is 3.59. The zero-order chi connectivity index (χ0) is 13.4. The first kappa shape index (κ1) is 13.1. The predicted molar refractivity (Wildman–Crippen MR) is 83.2 cm³/mol. The summed E-state index contributed by atoms with van der Waals surface area (Å²) in [4.78, 5) is 14.2. The Morgan fingerprint density at radius 1 is 1.37 bits per heavy atom. The van der Waals surface area contributed by atoms with Gasteiger partial charge in [-0.15, -0.1) is 11.3 Å². The Morgan fingerprint density at radius 3 is 3.05 bits per heavy atom. The summed E-state index contributed by atoms with van der Waals surface area (Å²) >= 11 is 5.35. The van der Waals surface area contributed by atoms with Crippen molar-refractivity contribution in [3.05, 3.63) is 55.7 Å². The molecule has 2 aromatic rings. The molecule has 1 aromatic carbocycles. The number of thiophene rings is 1. The fourth-order valence-electron chi connectivity index (χ4n) is 2.78. The molecule has 0 radical (unpaired) electrons. The lowest BCUT2D eigenvalue weighted by molar-refractivity contribution is 0.0950. The van der Waals surface area contributed by atoms with Gasteiger partial charge in [0.15, 0.2) is 5.78 Å². The van der Waals surface area contributed by atoms with Crippen molar-refractivity contribution in [2.24, 2.45) is 0 Å². The first-order valence-electron chi connectivity index (χ1n) is 6.54. The summed E-state index contributed by atoms with van der Waals surface area (Å²) < 4.78 is 0.947. The number of halogens is 1. The van der Waals surface area contributed by atoms with Crippen molar-refractivity contribution in [1.82, 2.24) is 0 Å². The van der Waals surface area contributed by atoms with Crippen molar-refractivity contribution in [1.29, 1.82) is 0 Å². The Balaban J connectivity index is 2.00. The van der Waals surface area contributed by atoms with E-state index in [0.29, 0.717) is 0 Å². The third-order valence-corrected chi connectivity index (χ3v) is 5.87. The van der Waals surface area contributed by atoms with E-state index in [0.717, 1.165) is 34.9 Å². The van der Waals surface area contributed by atoms with Crippen LogP contribution in [0.15, 0.2) is 34.1 Å². The minimum Gasteiger partial charge on any atom is -0.293 e. The van der Waals surface area contributed by atoms with Gasteiger partial charge >= 0.3 is 0 Å². The predicted octanol–water partition coefficient (Wildman–Crippen LogP) is 5.12. The van der Waals surface area contributed by atoms with Crippen LogP contribution < -0.4 is 0 Å². The van der Waals surface area contributed by atoms with Crippen molar-refractivity contribution >= 4 is 33.0 Å². The van der Waals surface area contributed by atoms with Gasteiger partial charge in [0.25, 0.3) is 0 Å². The normalized spacial score (nSPS) is 18.1. The molecule has 3 heteroatoms. The summed E-state index contributed by atoms with van der Waals surface area (Å²) in [5.41, 5.74) is 3.20. The van der Waals surface area contributed by atoms with Crippen molar-refractivity contribution < 1.29 is 4.79 Å². The first-order chi connectivity index (χ1) is 9.18. The molecule has 0 N–H and O–H groups in total. The molecule has 1 atom stereocenters. The summed E-state index contributed by atoms with van der Waals surface area (Å²) in [5, 5.41) is 2.11. The molecule has 0 aliphatic heterocycles. The molecule has 1 aromatic heterocycles. The Bertz CT molecular complexity index is 629. The molecule has 0 saturated carbocycles. The van der Waals surface area contributed by atoms with E-state index < -0.39 is 0 Å². The van der Waals surface area contributed by atoms with Gasteiger partial charge in [0.05, 0.1) is 0 Å². The molecule has 0 fully saturated rings. The van der Waals surface area contributed by atoms with E-state index in [1.807, 2.05) is 25.1 Å². The number of carbonyl (C=O) groups excluding carboxylic acids is 1. The third kappa shape index (κ3) is 2.30. The molecule has 19 heavy (non-hydrogen) atoms. The maximum atomic E-state index is 12.8. The van der Waals surface area contributed by atoms with Crippen molar-refractivity contribution in [3.8, 4) is 0 Å². The lowest BCUT2D eigenvalue weighted by Crippen LogP contribution is -2.18. The molecule has 1 nitrogen and oxygen atoms in total. The van der Waals surface area contributed by atoms with Crippen LogP contribution in [0.5, 0.6) is 0 Å². The van der Waals surface area contributed by atoms with Crippen LogP contribution in [0.1, 0.15) is 45.1 Å². The van der Waals surface area contributed by atoms with Crippen LogP contribution >= 0.6 is 27.3 Å². The molecule has 0 bridgehead atoms. The van der Waals surface area contributed by atoms with Crippen LogP contribution in [0.3, 0.4) is 0 Å². The minimum absolute atomic E-state index is 0.0492. The molecule has 1 aliphatic carbocycles. The average Bonchev–Trinajstić information content (AvgIpc) is 2.89. The summed E-state index contributed by atoms with van der Waals surface area (Å²) in [6, 6.07) is 8.05. The number of fused-ring (bicyclic) bond motifs is 1. The molecule has 1 aliphatic rings. The van der Waals surface area contributed by atoms with Gasteiger partial charge in [0.1, 0.15) is 0 Å². The lowest BCUT2D eigenvalue weighted by Gasteiger charge is -2.22. The van der Waals surface area contributed by atoms with Gasteiger partial charge in [-0.05, 0) is 64.7 Å². The van der Waals surface area contributed by atoms with E-state index in [2.05, 4.69) is 27.4 Å². The zero-order valence-corrected chi connectivity index (χ0v) is 13.2. The number of aryl methyl sites for hydroxylation is 2. The first-order valence-corrected chi connectivity index (χ1v) is 8.21. The van der Waals surface area contributed by atoms with Gasteiger partial charge in [0.2, 0.25) is 0 Å². The average molecular weight is 335 g/mol. The number of ketones is 1. The van der Waals surface area contributed by atoms with Gasteiger partial charge in [-0.2, -0.15) is 0 Å². The molecule has 0 saturated heterocycles. The van der Waals surface area contributed by atoms with Crippen LogP contribution in [-0.2, 0) is 6.42 Å². The summed E-state index contributed by atoms with van der Waals surface area (Å²) in [6.07, 6.45) is 3.22. The van der Waals surface area contributed by atoms with Gasteiger partial charge in [-0.1, -0.05) is 18.2 Å². The van der Waals surface area contributed by atoms with Gasteiger partial charge in [-0.3, -0.25) is 4.79 Å². The second kappa shape index (κ2) is 5.22. The monoisotopic (exact) mass is 334 g/mol. The molecular formula is C16H15BrOS.